The Labute approximate surface area is 221 Å². The van der Waals surface area contributed by atoms with E-state index in [0.29, 0.717) is 31.6 Å². The van der Waals surface area contributed by atoms with Gasteiger partial charge >= 0.3 is 0 Å². The maximum atomic E-state index is 10.3. The number of hydrogen-bond donors (Lipinski definition) is 1. The van der Waals surface area contributed by atoms with Gasteiger partial charge in [-0.05, 0) is 58.0 Å². The fraction of sp³-hybridized carbons (Fsp3) is 0.538. The molecule has 0 saturated carbocycles. The summed E-state index contributed by atoms with van der Waals surface area (Å²) in [6.07, 6.45) is -0.473. The van der Waals surface area contributed by atoms with Crippen molar-refractivity contribution in [2.45, 2.75) is 32.3 Å². The molecule has 0 bridgehead atoms. The van der Waals surface area contributed by atoms with Gasteiger partial charge < -0.3 is 14.6 Å². The van der Waals surface area contributed by atoms with Crippen molar-refractivity contribution in [1.29, 1.82) is 0 Å². The Morgan fingerprint density at radius 2 is 1.73 bits per heavy atom. The summed E-state index contributed by atoms with van der Waals surface area (Å²) in [7, 11) is 0. The number of ether oxygens (including phenoxy) is 2. The van der Waals surface area contributed by atoms with Crippen LogP contribution in [0.3, 0.4) is 0 Å². The van der Waals surface area contributed by atoms with Gasteiger partial charge in [0.1, 0.15) is 24.2 Å². The fourth-order valence-corrected chi connectivity index (χ4v) is 5.48. The van der Waals surface area contributed by atoms with E-state index in [9.17, 15) is 5.11 Å². The summed E-state index contributed by atoms with van der Waals surface area (Å²) in [6.45, 7) is 10.2. The SMILES string of the molecule is C[C@H](CCl)COc1ccc(C(C)(C)c2ccc(OC[C@@H](O)CN3CCSCC3)cc2)cc1[123I]. The van der Waals surface area contributed by atoms with Crippen LogP contribution in [-0.2, 0) is 5.41 Å². The molecule has 0 radical (unpaired) electrons. The molecule has 0 amide bonds. The number of aliphatic hydroxyl groups is 1. The van der Waals surface area contributed by atoms with Gasteiger partial charge in [0.2, 0.25) is 0 Å². The van der Waals surface area contributed by atoms with E-state index < -0.39 is 6.10 Å². The zero-order chi connectivity index (χ0) is 23.8. The van der Waals surface area contributed by atoms with Crippen molar-refractivity contribution < 1.29 is 14.6 Å². The fourth-order valence-electron chi connectivity index (χ4n) is 3.74. The molecular weight excluding hydrogens is 565 g/mol. The molecule has 182 valence electrons. The van der Waals surface area contributed by atoms with E-state index in [-0.39, 0.29) is 5.41 Å². The minimum Gasteiger partial charge on any atom is -0.492 e. The third kappa shape index (κ3) is 7.92. The van der Waals surface area contributed by atoms with E-state index in [1.54, 1.807) is 0 Å². The number of benzene rings is 2. The van der Waals surface area contributed by atoms with Crippen molar-refractivity contribution in [2.75, 3.05) is 50.2 Å². The summed E-state index contributed by atoms with van der Waals surface area (Å²) in [5, 5.41) is 10.3. The molecule has 0 aromatic heterocycles. The average molecular weight is 600 g/mol. The van der Waals surface area contributed by atoms with E-state index in [2.05, 4.69) is 78.6 Å². The minimum absolute atomic E-state index is 0.161. The van der Waals surface area contributed by atoms with Gasteiger partial charge in [0.05, 0.1) is 10.2 Å². The lowest BCUT2D eigenvalue weighted by Gasteiger charge is -2.28. The second kappa shape index (κ2) is 12.9. The van der Waals surface area contributed by atoms with Crippen LogP contribution >= 0.6 is 46.0 Å². The molecule has 0 aliphatic carbocycles. The first-order valence-corrected chi connectivity index (χ1v) is 14.3. The number of alkyl halides is 1. The summed E-state index contributed by atoms with van der Waals surface area (Å²) in [5.41, 5.74) is 2.28. The van der Waals surface area contributed by atoms with Crippen LogP contribution in [0.25, 0.3) is 0 Å². The summed E-state index contributed by atoms with van der Waals surface area (Å²) in [4.78, 5) is 2.31. The third-order valence-electron chi connectivity index (χ3n) is 6.03. The molecule has 2 aromatic carbocycles. The normalized spacial score (nSPS) is 16.9. The van der Waals surface area contributed by atoms with Crippen LogP contribution < -0.4 is 9.47 Å². The Morgan fingerprint density at radius 1 is 1.06 bits per heavy atom. The van der Waals surface area contributed by atoms with Crippen molar-refractivity contribution in [2.24, 2.45) is 5.92 Å². The predicted molar refractivity (Wildman–Crippen MR) is 148 cm³/mol. The van der Waals surface area contributed by atoms with Gasteiger partial charge in [-0.2, -0.15) is 11.8 Å². The number of aliphatic hydroxyl groups excluding tert-OH is 1. The first-order valence-electron chi connectivity index (χ1n) is 11.5. The van der Waals surface area contributed by atoms with E-state index in [1.165, 1.54) is 11.1 Å². The van der Waals surface area contributed by atoms with E-state index >= 15 is 0 Å². The molecular formula is C26H35ClINO3S. The largest absolute Gasteiger partial charge is 0.492 e. The van der Waals surface area contributed by atoms with Gasteiger partial charge in [-0.15, -0.1) is 11.6 Å². The predicted octanol–water partition coefficient (Wildman–Crippen LogP) is 5.66. The second-order valence-corrected chi connectivity index (χ2v) is 11.9. The molecule has 0 unspecified atom stereocenters. The Balaban J connectivity index is 1.57. The Kier molecular flexibility index (Phi) is 10.5. The van der Waals surface area contributed by atoms with Crippen molar-refractivity contribution in [1.82, 2.24) is 4.90 Å². The molecule has 1 aliphatic heterocycles. The molecule has 1 fully saturated rings. The zero-order valence-electron chi connectivity index (χ0n) is 19.7. The van der Waals surface area contributed by atoms with Crippen LogP contribution in [0.2, 0.25) is 0 Å². The van der Waals surface area contributed by atoms with Crippen molar-refractivity contribution >= 4 is 46.0 Å². The molecule has 33 heavy (non-hydrogen) atoms. The van der Waals surface area contributed by atoms with Gasteiger partial charge in [-0.3, -0.25) is 4.90 Å². The number of nitrogens with zero attached hydrogens (tertiary/aromatic N) is 1. The number of β-amino-alcohol motifs (C(OH)–C–C–N with tert-alkyl or cyclic N) is 1. The van der Waals surface area contributed by atoms with Crippen molar-refractivity contribution in [3.63, 3.8) is 0 Å². The van der Waals surface area contributed by atoms with Gasteiger partial charge in [0.15, 0.2) is 0 Å². The number of thioether (sulfide) groups is 1. The van der Waals surface area contributed by atoms with Crippen LogP contribution in [0.15, 0.2) is 42.5 Å². The molecule has 2 atom stereocenters. The zero-order valence-corrected chi connectivity index (χ0v) is 23.5. The molecule has 0 spiro atoms. The lowest BCUT2D eigenvalue weighted by molar-refractivity contribution is 0.0715. The van der Waals surface area contributed by atoms with Gasteiger partial charge in [-0.1, -0.05) is 39.0 Å². The Bertz CT molecular complexity index is 874. The molecule has 4 nitrogen and oxygen atoms in total. The summed E-state index contributed by atoms with van der Waals surface area (Å²) in [6, 6.07) is 14.6. The monoisotopic (exact) mass is 599 g/mol. The quantitative estimate of drug-likeness (QED) is 0.267. The average Bonchev–Trinajstić information content (AvgIpc) is 2.82. The molecule has 1 heterocycles. The van der Waals surface area contributed by atoms with E-state index in [1.807, 2.05) is 23.9 Å². The van der Waals surface area contributed by atoms with Crippen LogP contribution in [0, 0.1) is 9.49 Å². The lowest BCUT2D eigenvalue weighted by atomic mass is 9.78. The van der Waals surface area contributed by atoms with Crippen molar-refractivity contribution in [3.8, 4) is 11.5 Å². The Morgan fingerprint density at radius 3 is 2.36 bits per heavy atom. The highest BCUT2D eigenvalue weighted by atomic mass is 123. The number of rotatable bonds is 11. The van der Waals surface area contributed by atoms with Crippen molar-refractivity contribution in [3.05, 3.63) is 57.2 Å². The Hall–Kier alpha value is -0.670. The minimum atomic E-state index is -0.473. The smallest absolute Gasteiger partial charge is 0.132 e. The molecule has 1 N–H and O–H groups in total. The highest BCUT2D eigenvalue weighted by molar-refractivity contribution is 14.1. The molecule has 1 saturated heterocycles. The van der Waals surface area contributed by atoms with Crippen LogP contribution in [0.5, 0.6) is 11.5 Å². The highest BCUT2D eigenvalue weighted by Gasteiger charge is 2.24. The van der Waals surface area contributed by atoms with E-state index in [4.69, 9.17) is 21.1 Å². The number of halogens is 2. The summed E-state index contributed by atoms with van der Waals surface area (Å²) >= 11 is 10.2. The maximum absolute atomic E-state index is 10.3. The highest BCUT2D eigenvalue weighted by Crippen LogP contribution is 2.35. The standard InChI is InChI=1S/C26H35ClINO3S/c1-19(15-27)17-32-25-9-6-21(14-24(25)28)26(2,3)20-4-7-23(8-5-20)31-18-22(30)16-29-10-12-33-13-11-29/h4-9,14,19,22,30H,10-13,15-18H2,1-3H3/t19-,22+/m1/s1/i28-4. The topological polar surface area (TPSA) is 41.9 Å². The van der Waals surface area contributed by atoms with Crippen LogP contribution in [0.1, 0.15) is 31.9 Å². The van der Waals surface area contributed by atoms with Gasteiger partial charge in [-0.25, -0.2) is 0 Å². The molecule has 7 heteroatoms. The van der Waals surface area contributed by atoms with Gasteiger partial charge in [0.25, 0.3) is 0 Å². The molecule has 2 aromatic rings. The second-order valence-electron chi connectivity index (χ2n) is 9.24. The first-order chi connectivity index (χ1) is 15.8. The molecule has 1 aliphatic rings. The lowest BCUT2D eigenvalue weighted by Crippen LogP contribution is -2.40. The maximum Gasteiger partial charge on any atom is 0.132 e. The van der Waals surface area contributed by atoms with E-state index in [0.717, 1.165) is 39.7 Å². The third-order valence-corrected chi connectivity index (χ3v) is 8.34. The molecule has 3 rings (SSSR count). The first kappa shape index (κ1) is 26.9. The van der Waals surface area contributed by atoms with Crippen LogP contribution in [0.4, 0.5) is 0 Å². The number of hydrogen-bond acceptors (Lipinski definition) is 5. The summed E-state index contributed by atoms with van der Waals surface area (Å²) in [5.74, 6) is 4.90. The van der Waals surface area contributed by atoms with Crippen LogP contribution in [-0.4, -0.2) is 66.3 Å². The summed E-state index contributed by atoms with van der Waals surface area (Å²) < 4.78 is 12.9. The van der Waals surface area contributed by atoms with Gasteiger partial charge in [0, 0.05) is 48.4 Å².